The Morgan fingerprint density at radius 2 is 1.68 bits per heavy atom. The maximum Gasteiger partial charge on any atom is 0.278 e. The zero-order valence-corrected chi connectivity index (χ0v) is 26.2. The number of nitrogens with one attached hydrogen (secondary N) is 3. The van der Waals surface area contributed by atoms with Gasteiger partial charge in [-0.1, -0.05) is 129 Å². The molecule has 212 valence electrons. The molecular weight excluding hydrogens is 585 g/mol. The van der Waals surface area contributed by atoms with Gasteiger partial charge in [-0.3, -0.25) is 10.1 Å². The molecule has 0 bridgehead atoms. The molecule has 3 aliphatic heterocycles. The fourth-order valence-electron chi connectivity index (χ4n) is 6.22. The Bertz CT molecular complexity index is 1300. The first-order valence-electron chi connectivity index (χ1n) is 13.2. The van der Waals surface area contributed by atoms with Crippen LogP contribution in [0.3, 0.4) is 0 Å². The Morgan fingerprint density at radius 1 is 1.10 bits per heavy atom. The number of aliphatic imine (C=N–C) groups is 1. The number of carbonyl (C=O) groups is 1. The monoisotopic (exact) mass is 617 g/mol. The first-order chi connectivity index (χ1) is 18.8. The van der Waals surface area contributed by atoms with E-state index in [0.717, 1.165) is 0 Å². The second-order valence-electron chi connectivity index (χ2n) is 11.5. The predicted molar refractivity (Wildman–Crippen MR) is 166 cm³/mol. The van der Waals surface area contributed by atoms with Crippen molar-refractivity contribution in [3.05, 3.63) is 85.2 Å². The van der Waals surface area contributed by atoms with Crippen molar-refractivity contribution in [2.24, 2.45) is 4.99 Å². The van der Waals surface area contributed by atoms with E-state index in [2.05, 4.69) is 104 Å². The van der Waals surface area contributed by atoms with Crippen LogP contribution in [-0.2, 0) is 9.22 Å². The number of hydrogen-bond acceptors (Lipinski definition) is 6. The molecule has 4 atom stereocenters. The van der Waals surface area contributed by atoms with E-state index >= 15 is 0 Å². The third kappa shape index (κ3) is 4.84. The van der Waals surface area contributed by atoms with Gasteiger partial charge in [-0.25, -0.2) is 4.99 Å². The highest BCUT2D eigenvalue weighted by Gasteiger charge is 2.59. The molecule has 2 aromatic carbocycles. The van der Waals surface area contributed by atoms with Gasteiger partial charge in [-0.15, -0.1) is 0 Å². The molecule has 0 radical (unpaired) electrons. The molecule has 5 rings (SSSR count). The van der Waals surface area contributed by atoms with E-state index < -0.39 is 29.7 Å². The Labute approximate surface area is 251 Å². The smallest absolute Gasteiger partial charge is 0.278 e. The number of rotatable bonds is 5. The van der Waals surface area contributed by atoms with Crippen molar-refractivity contribution in [1.82, 2.24) is 20.9 Å². The van der Waals surface area contributed by atoms with Gasteiger partial charge < -0.3 is 20.0 Å². The third-order valence-electron chi connectivity index (χ3n) is 7.86. The molecular formula is C29H34Cl3N5O2Si. The van der Waals surface area contributed by atoms with E-state index in [1.165, 1.54) is 10.4 Å². The van der Waals surface area contributed by atoms with Crippen LogP contribution in [-0.4, -0.2) is 59.3 Å². The number of hydrogen-bond donors (Lipinski definition) is 3. The zero-order chi connectivity index (χ0) is 28.9. The summed E-state index contributed by atoms with van der Waals surface area (Å²) in [6.45, 7) is 13.1. The lowest BCUT2D eigenvalue weighted by atomic mass is 9.93. The van der Waals surface area contributed by atoms with E-state index in [1.807, 2.05) is 24.0 Å². The van der Waals surface area contributed by atoms with Gasteiger partial charge in [0.1, 0.15) is 6.04 Å². The molecule has 3 aliphatic rings. The number of alkyl halides is 3. The summed E-state index contributed by atoms with van der Waals surface area (Å²) in [7, 11) is -2.85. The fraction of sp³-hybridized carbons (Fsp3) is 0.379. The highest BCUT2D eigenvalue weighted by atomic mass is 35.6. The van der Waals surface area contributed by atoms with E-state index in [0.29, 0.717) is 11.8 Å². The van der Waals surface area contributed by atoms with Crippen LogP contribution in [0, 0.1) is 0 Å². The number of amides is 1. The van der Waals surface area contributed by atoms with Gasteiger partial charge in [-0.2, -0.15) is 0 Å². The van der Waals surface area contributed by atoms with Crippen molar-refractivity contribution in [2.75, 3.05) is 6.61 Å². The highest BCUT2D eigenvalue weighted by Crippen LogP contribution is 2.41. The van der Waals surface area contributed by atoms with E-state index in [4.69, 9.17) is 44.2 Å². The first-order valence-corrected chi connectivity index (χ1v) is 16.3. The van der Waals surface area contributed by atoms with E-state index in [-0.39, 0.29) is 23.7 Å². The molecule has 1 fully saturated rings. The zero-order valence-electron chi connectivity index (χ0n) is 22.9. The summed E-state index contributed by atoms with van der Waals surface area (Å²) >= 11 is 17.8. The number of nitrogens with zero attached hydrogens (tertiary/aromatic N) is 2. The SMILES string of the molecule is C=C1N[C@H]2[C@H](CO[Si](c3ccccc3)(c3ccccc3)C(C)(C)C)N=C(NC(=O)C(Cl)(Cl)Cl)N3[C@H](C)C=C[C@]23N1. The summed E-state index contributed by atoms with van der Waals surface area (Å²) < 4.78 is 5.10. The number of carbonyl (C=O) groups excluding carboxylic acids is 1. The van der Waals surface area contributed by atoms with Gasteiger partial charge in [0.15, 0.2) is 5.66 Å². The minimum Gasteiger partial charge on any atom is -0.405 e. The quantitative estimate of drug-likeness (QED) is 0.270. The molecule has 1 amide bonds. The maximum atomic E-state index is 12.8. The number of halogens is 3. The van der Waals surface area contributed by atoms with Crippen molar-refractivity contribution in [1.29, 1.82) is 0 Å². The topological polar surface area (TPSA) is 78.0 Å². The Hall–Kier alpha value is -2.49. The summed E-state index contributed by atoms with van der Waals surface area (Å²) in [6, 6.07) is 20.2. The first kappa shape index (κ1) is 29.0. The highest BCUT2D eigenvalue weighted by molar-refractivity contribution is 6.99. The summed E-state index contributed by atoms with van der Waals surface area (Å²) in [5, 5.41) is 11.9. The van der Waals surface area contributed by atoms with Crippen molar-refractivity contribution in [3.8, 4) is 0 Å². The average Bonchev–Trinajstić information content (AvgIpc) is 3.41. The lowest BCUT2D eigenvalue weighted by Crippen LogP contribution is -2.72. The van der Waals surface area contributed by atoms with Crippen LogP contribution in [0.5, 0.6) is 0 Å². The van der Waals surface area contributed by atoms with Crippen LogP contribution < -0.4 is 26.3 Å². The van der Waals surface area contributed by atoms with Crippen molar-refractivity contribution < 1.29 is 9.22 Å². The molecule has 0 aromatic heterocycles. The molecule has 3 heterocycles. The summed E-state index contributed by atoms with van der Waals surface area (Å²) in [5.41, 5.74) is -0.728. The summed E-state index contributed by atoms with van der Waals surface area (Å²) in [6.07, 6.45) is 4.14. The van der Waals surface area contributed by atoms with Crippen molar-refractivity contribution in [2.45, 2.75) is 60.3 Å². The van der Waals surface area contributed by atoms with Gasteiger partial charge in [0.25, 0.3) is 18.0 Å². The second kappa shape index (κ2) is 10.4. The predicted octanol–water partition coefficient (Wildman–Crippen LogP) is 3.78. The molecule has 0 aliphatic carbocycles. The average molecular weight is 619 g/mol. The van der Waals surface area contributed by atoms with Crippen LogP contribution >= 0.6 is 34.8 Å². The van der Waals surface area contributed by atoms with E-state index in [9.17, 15) is 4.79 Å². The minimum absolute atomic E-state index is 0.0873. The van der Waals surface area contributed by atoms with Crippen molar-refractivity contribution in [3.63, 3.8) is 0 Å². The second-order valence-corrected chi connectivity index (χ2v) is 18.1. The molecule has 1 spiro atoms. The van der Waals surface area contributed by atoms with Crippen LogP contribution in [0.4, 0.5) is 0 Å². The molecule has 2 aromatic rings. The van der Waals surface area contributed by atoms with Gasteiger partial charge in [0.05, 0.1) is 24.5 Å². The molecule has 7 nitrogen and oxygen atoms in total. The molecule has 1 saturated heterocycles. The molecule has 0 saturated carbocycles. The number of benzene rings is 2. The van der Waals surface area contributed by atoms with Gasteiger partial charge in [0.2, 0.25) is 5.96 Å². The van der Waals surface area contributed by atoms with Crippen LogP contribution in [0.1, 0.15) is 27.7 Å². The van der Waals surface area contributed by atoms with Crippen LogP contribution in [0.15, 0.2) is 90.2 Å². The fourth-order valence-corrected chi connectivity index (χ4v) is 10.9. The largest absolute Gasteiger partial charge is 0.405 e. The molecule has 3 N–H and O–H groups in total. The van der Waals surface area contributed by atoms with E-state index in [1.54, 1.807) is 0 Å². The Balaban J connectivity index is 1.59. The molecule has 11 heteroatoms. The lowest BCUT2D eigenvalue weighted by molar-refractivity contribution is -0.119. The summed E-state index contributed by atoms with van der Waals surface area (Å²) in [4.78, 5) is 19.8. The van der Waals surface area contributed by atoms with Gasteiger partial charge in [0, 0.05) is 0 Å². The maximum absolute atomic E-state index is 12.8. The Morgan fingerprint density at radius 3 is 2.20 bits per heavy atom. The minimum atomic E-state index is -2.85. The number of guanidine groups is 1. The van der Waals surface area contributed by atoms with Gasteiger partial charge >= 0.3 is 0 Å². The van der Waals surface area contributed by atoms with Crippen LogP contribution in [0.25, 0.3) is 0 Å². The van der Waals surface area contributed by atoms with Crippen LogP contribution in [0.2, 0.25) is 5.04 Å². The third-order valence-corrected chi connectivity index (χ3v) is 13.4. The lowest BCUT2D eigenvalue weighted by Gasteiger charge is -2.49. The molecule has 40 heavy (non-hydrogen) atoms. The summed E-state index contributed by atoms with van der Waals surface area (Å²) in [5.74, 6) is 0.193. The normalized spacial score (nSPS) is 26.0. The van der Waals surface area contributed by atoms with Gasteiger partial charge in [-0.05, 0) is 28.4 Å². The van der Waals surface area contributed by atoms with Crippen molar-refractivity contribution >= 4 is 65.4 Å². The Kier molecular flexibility index (Phi) is 7.55. The standard InChI is InChI=1S/C29H34Cl3N5O2Si/c1-19-16-17-28-24(33-20(2)36-28)23(34-26(37(19)28)35-25(38)29(30,31)32)18-39-40(27(3,4)5,21-12-8-6-9-13-21)22-14-10-7-11-15-22/h6-17,19,23-24,33,36H,2,18H2,1,3-5H3,(H,34,35,38)/t19-,23+,24+,28-/m1/s1. The molecule has 0 unspecified atom stereocenters.